The van der Waals surface area contributed by atoms with E-state index in [1.54, 1.807) is 0 Å². The third kappa shape index (κ3) is 2.99. The van der Waals surface area contributed by atoms with Crippen LogP contribution < -0.4 is 10.6 Å². The summed E-state index contributed by atoms with van der Waals surface area (Å²) in [6.45, 7) is 4.11. The summed E-state index contributed by atoms with van der Waals surface area (Å²) < 4.78 is 0. The molecule has 1 aliphatic rings. The normalized spacial score (nSPS) is 17.9. The molecule has 3 heteroatoms. The highest BCUT2D eigenvalue weighted by Crippen LogP contribution is 2.27. The van der Waals surface area contributed by atoms with Crippen molar-refractivity contribution in [3.63, 3.8) is 0 Å². The van der Waals surface area contributed by atoms with E-state index >= 15 is 0 Å². The Bertz CT molecular complexity index is 376. The molecule has 0 bridgehead atoms. The van der Waals surface area contributed by atoms with Gasteiger partial charge in [-0.2, -0.15) is 0 Å². The van der Waals surface area contributed by atoms with Crippen LogP contribution in [0.2, 0.25) is 0 Å². The monoisotopic (exact) mass is 234 g/mol. The van der Waals surface area contributed by atoms with Gasteiger partial charge < -0.3 is 15.7 Å². The Hall–Kier alpha value is -1.06. The van der Waals surface area contributed by atoms with Gasteiger partial charge in [0.15, 0.2) is 0 Å². The molecular formula is C14H22N2O. The summed E-state index contributed by atoms with van der Waals surface area (Å²) in [6.07, 6.45) is 3.04. The molecular weight excluding hydrogens is 212 g/mol. The highest BCUT2D eigenvalue weighted by atomic mass is 16.3. The molecule has 0 amide bonds. The summed E-state index contributed by atoms with van der Waals surface area (Å²) in [5.41, 5.74) is 8.32. The van der Waals surface area contributed by atoms with Crippen molar-refractivity contribution in [1.82, 2.24) is 0 Å². The van der Waals surface area contributed by atoms with Crippen molar-refractivity contribution in [1.29, 1.82) is 0 Å². The standard InChI is InChI=1S/C14H22N2O/c1-14(15,11-17)8-4-9-16-10-7-12-5-2-3-6-13(12)16/h2-3,5-6,17H,4,7-11,15H2,1H3. The van der Waals surface area contributed by atoms with Gasteiger partial charge in [-0.05, 0) is 37.8 Å². The zero-order valence-corrected chi connectivity index (χ0v) is 10.5. The summed E-state index contributed by atoms with van der Waals surface area (Å²) in [5, 5.41) is 9.11. The number of para-hydroxylation sites is 1. The fourth-order valence-corrected chi connectivity index (χ4v) is 2.39. The molecule has 0 aromatic heterocycles. The van der Waals surface area contributed by atoms with Crippen LogP contribution in [-0.2, 0) is 6.42 Å². The third-order valence-corrected chi connectivity index (χ3v) is 3.52. The molecule has 17 heavy (non-hydrogen) atoms. The molecule has 3 nitrogen and oxygen atoms in total. The van der Waals surface area contributed by atoms with E-state index in [4.69, 9.17) is 10.8 Å². The number of nitrogens with two attached hydrogens (primary N) is 1. The van der Waals surface area contributed by atoms with Crippen molar-refractivity contribution in [2.24, 2.45) is 5.73 Å². The maximum atomic E-state index is 9.11. The van der Waals surface area contributed by atoms with E-state index in [0.29, 0.717) is 0 Å². The van der Waals surface area contributed by atoms with Crippen LogP contribution in [0.25, 0.3) is 0 Å². The molecule has 1 aliphatic heterocycles. The molecule has 3 N–H and O–H groups in total. The SMILES string of the molecule is CC(N)(CO)CCCN1CCc2ccccc21. The Labute approximate surface area is 103 Å². The summed E-state index contributed by atoms with van der Waals surface area (Å²) >= 11 is 0. The van der Waals surface area contributed by atoms with E-state index < -0.39 is 5.54 Å². The van der Waals surface area contributed by atoms with Gasteiger partial charge in [-0.15, -0.1) is 0 Å². The minimum absolute atomic E-state index is 0.0591. The number of rotatable bonds is 5. The van der Waals surface area contributed by atoms with Gasteiger partial charge in [-0.3, -0.25) is 0 Å². The Morgan fingerprint density at radius 1 is 1.41 bits per heavy atom. The molecule has 1 aromatic carbocycles. The van der Waals surface area contributed by atoms with Crippen LogP contribution in [0.15, 0.2) is 24.3 Å². The number of benzene rings is 1. The summed E-state index contributed by atoms with van der Waals surface area (Å²) in [5.74, 6) is 0. The van der Waals surface area contributed by atoms with Crippen LogP contribution >= 0.6 is 0 Å². The van der Waals surface area contributed by atoms with E-state index in [0.717, 1.165) is 32.4 Å². The maximum Gasteiger partial charge on any atom is 0.0608 e. The van der Waals surface area contributed by atoms with Crippen LogP contribution in [0.3, 0.4) is 0 Å². The fraction of sp³-hybridized carbons (Fsp3) is 0.571. The van der Waals surface area contributed by atoms with E-state index in [1.807, 2.05) is 6.92 Å². The third-order valence-electron chi connectivity index (χ3n) is 3.52. The Morgan fingerprint density at radius 3 is 2.94 bits per heavy atom. The van der Waals surface area contributed by atoms with Crippen molar-refractivity contribution in [3.8, 4) is 0 Å². The van der Waals surface area contributed by atoms with Gasteiger partial charge in [0.2, 0.25) is 0 Å². The van der Waals surface area contributed by atoms with Crippen molar-refractivity contribution in [3.05, 3.63) is 29.8 Å². The molecule has 0 spiro atoms. The molecule has 1 unspecified atom stereocenters. The van der Waals surface area contributed by atoms with Crippen molar-refractivity contribution < 1.29 is 5.11 Å². The predicted molar refractivity (Wildman–Crippen MR) is 71.3 cm³/mol. The number of anilines is 1. The molecule has 1 atom stereocenters. The maximum absolute atomic E-state index is 9.11. The average Bonchev–Trinajstić information content (AvgIpc) is 2.73. The summed E-state index contributed by atoms with van der Waals surface area (Å²) in [7, 11) is 0. The Morgan fingerprint density at radius 2 is 2.18 bits per heavy atom. The first kappa shape index (κ1) is 12.4. The molecule has 0 radical (unpaired) electrons. The second-order valence-electron chi connectivity index (χ2n) is 5.28. The lowest BCUT2D eigenvalue weighted by Crippen LogP contribution is -2.40. The van der Waals surface area contributed by atoms with Crippen LogP contribution in [0, 0.1) is 0 Å². The van der Waals surface area contributed by atoms with Crippen molar-refractivity contribution in [2.75, 3.05) is 24.6 Å². The van der Waals surface area contributed by atoms with Crippen LogP contribution in [0.4, 0.5) is 5.69 Å². The lowest BCUT2D eigenvalue weighted by molar-refractivity contribution is 0.198. The lowest BCUT2D eigenvalue weighted by atomic mass is 9.98. The van der Waals surface area contributed by atoms with Crippen LogP contribution in [0.5, 0.6) is 0 Å². The van der Waals surface area contributed by atoms with Gasteiger partial charge in [0, 0.05) is 24.3 Å². The molecule has 1 heterocycles. The molecule has 0 aliphatic carbocycles. The number of fused-ring (bicyclic) bond motifs is 1. The average molecular weight is 234 g/mol. The number of hydrogen-bond acceptors (Lipinski definition) is 3. The smallest absolute Gasteiger partial charge is 0.0608 e. The number of aliphatic hydroxyl groups is 1. The highest BCUT2D eigenvalue weighted by molar-refractivity contribution is 5.57. The van der Waals surface area contributed by atoms with Crippen molar-refractivity contribution in [2.45, 2.75) is 31.7 Å². The van der Waals surface area contributed by atoms with Gasteiger partial charge in [-0.25, -0.2) is 0 Å². The minimum Gasteiger partial charge on any atom is -0.394 e. The van der Waals surface area contributed by atoms with E-state index in [2.05, 4.69) is 29.2 Å². The van der Waals surface area contributed by atoms with E-state index in [9.17, 15) is 0 Å². The largest absolute Gasteiger partial charge is 0.394 e. The minimum atomic E-state index is -0.431. The quantitative estimate of drug-likeness (QED) is 0.812. The van der Waals surface area contributed by atoms with Gasteiger partial charge in [0.05, 0.1) is 6.61 Å². The molecule has 1 aromatic rings. The molecule has 2 rings (SSSR count). The van der Waals surface area contributed by atoms with E-state index in [-0.39, 0.29) is 6.61 Å². The first-order chi connectivity index (χ1) is 8.12. The van der Waals surface area contributed by atoms with Crippen molar-refractivity contribution >= 4 is 5.69 Å². The van der Waals surface area contributed by atoms with Gasteiger partial charge in [0.1, 0.15) is 0 Å². The number of hydrogen-bond donors (Lipinski definition) is 2. The molecule has 0 saturated carbocycles. The molecule has 94 valence electrons. The summed E-state index contributed by atoms with van der Waals surface area (Å²) in [4.78, 5) is 2.42. The Balaban J connectivity index is 1.86. The first-order valence-corrected chi connectivity index (χ1v) is 6.35. The first-order valence-electron chi connectivity index (χ1n) is 6.35. The predicted octanol–water partition coefficient (Wildman–Crippen LogP) is 1.54. The fourth-order valence-electron chi connectivity index (χ4n) is 2.39. The van der Waals surface area contributed by atoms with E-state index in [1.165, 1.54) is 11.3 Å². The second kappa shape index (κ2) is 5.07. The summed E-state index contributed by atoms with van der Waals surface area (Å²) in [6, 6.07) is 8.59. The number of aliphatic hydroxyl groups excluding tert-OH is 1. The zero-order chi connectivity index (χ0) is 12.3. The molecule has 0 saturated heterocycles. The Kier molecular flexibility index (Phi) is 3.69. The second-order valence-corrected chi connectivity index (χ2v) is 5.28. The van der Waals surface area contributed by atoms with Crippen LogP contribution in [0.1, 0.15) is 25.3 Å². The van der Waals surface area contributed by atoms with Gasteiger partial charge in [0.25, 0.3) is 0 Å². The van der Waals surface area contributed by atoms with Gasteiger partial charge in [-0.1, -0.05) is 18.2 Å². The zero-order valence-electron chi connectivity index (χ0n) is 10.5. The number of nitrogens with zero attached hydrogens (tertiary/aromatic N) is 1. The highest BCUT2D eigenvalue weighted by Gasteiger charge is 2.20. The molecule has 0 fully saturated rings. The van der Waals surface area contributed by atoms with Crippen LogP contribution in [-0.4, -0.2) is 30.3 Å². The lowest BCUT2D eigenvalue weighted by Gasteiger charge is -2.24. The topological polar surface area (TPSA) is 49.5 Å². The van der Waals surface area contributed by atoms with Gasteiger partial charge >= 0.3 is 0 Å².